The summed E-state index contributed by atoms with van der Waals surface area (Å²) in [6.45, 7) is 1.94. The number of ether oxygens (including phenoxy) is 3. The molecule has 0 saturated heterocycles. The molecule has 0 spiro atoms. The van der Waals surface area contributed by atoms with Crippen molar-refractivity contribution in [3.8, 4) is 11.5 Å². The number of methoxy groups -OCH3 is 2. The fourth-order valence-corrected chi connectivity index (χ4v) is 4.57. The quantitative estimate of drug-likeness (QED) is 0.293. The summed E-state index contributed by atoms with van der Waals surface area (Å²) in [5, 5.41) is 6.65. The van der Waals surface area contributed by atoms with Gasteiger partial charge in [0.1, 0.15) is 5.00 Å². The van der Waals surface area contributed by atoms with Crippen LogP contribution >= 0.6 is 11.3 Å². The van der Waals surface area contributed by atoms with E-state index >= 15 is 0 Å². The lowest BCUT2D eigenvalue weighted by molar-refractivity contribution is -0.136. The van der Waals surface area contributed by atoms with E-state index in [0.717, 1.165) is 29.7 Å². The number of carbonyl (C=O) groups is 3. The lowest BCUT2D eigenvalue weighted by Crippen LogP contribution is -2.32. The van der Waals surface area contributed by atoms with Crippen molar-refractivity contribution in [1.29, 1.82) is 0 Å². The highest BCUT2D eigenvalue weighted by Crippen LogP contribution is 2.39. The largest absolute Gasteiger partial charge is 0.493 e. The maximum atomic E-state index is 12.4. The number of carbonyl (C=O) groups excluding carboxylic acids is 3. The summed E-state index contributed by atoms with van der Waals surface area (Å²) < 4.78 is 15.6. The Labute approximate surface area is 183 Å². The minimum absolute atomic E-state index is 0.222. The number of hydrogen-bond donors (Lipinski definition) is 2. The Kier molecular flexibility index (Phi) is 7.24. The molecule has 1 heterocycles. The van der Waals surface area contributed by atoms with Gasteiger partial charge in [0.05, 0.1) is 32.6 Å². The van der Waals surface area contributed by atoms with Gasteiger partial charge in [-0.25, -0.2) is 10.2 Å². The minimum atomic E-state index is -0.971. The van der Waals surface area contributed by atoms with Crippen LogP contribution in [0.25, 0.3) is 0 Å². The van der Waals surface area contributed by atoms with E-state index in [2.05, 4.69) is 15.8 Å². The molecule has 0 saturated carbocycles. The molecule has 31 heavy (non-hydrogen) atoms. The number of hydrogen-bond acceptors (Lipinski definition) is 8. The molecule has 3 rings (SSSR count). The Bertz CT molecular complexity index is 1030. The average molecular weight is 445 g/mol. The van der Waals surface area contributed by atoms with Crippen molar-refractivity contribution in [2.24, 2.45) is 5.10 Å². The van der Waals surface area contributed by atoms with Crippen LogP contribution in [0, 0.1) is 0 Å². The predicted octanol–water partition coefficient (Wildman–Crippen LogP) is 2.52. The first kappa shape index (κ1) is 22.3. The molecule has 1 aromatic carbocycles. The smallest absolute Gasteiger partial charge is 0.341 e. The minimum Gasteiger partial charge on any atom is -0.493 e. The van der Waals surface area contributed by atoms with Gasteiger partial charge in [0.2, 0.25) is 0 Å². The third kappa shape index (κ3) is 4.85. The second-order valence-electron chi connectivity index (χ2n) is 6.52. The van der Waals surface area contributed by atoms with Crippen molar-refractivity contribution in [1.82, 2.24) is 5.43 Å². The number of para-hydroxylation sites is 1. The molecule has 1 aromatic heterocycles. The number of amides is 2. The zero-order valence-corrected chi connectivity index (χ0v) is 18.3. The second-order valence-corrected chi connectivity index (χ2v) is 7.62. The zero-order valence-electron chi connectivity index (χ0n) is 17.4. The molecule has 1 aliphatic carbocycles. The number of esters is 1. The molecule has 2 N–H and O–H groups in total. The number of thiophene rings is 1. The van der Waals surface area contributed by atoms with Crippen molar-refractivity contribution in [2.45, 2.75) is 26.2 Å². The van der Waals surface area contributed by atoms with Crippen LogP contribution in [0.3, 0.4) is 0 Å². The molecule has 0 atom stereocenters. The van der Waals surface area contributed by atoms with Gasteiger partial charge < -0.3 is 19.5 Å². The molecule has 0 fully saturated rings. The first-order valence-electron chi connectivity index (χ1n) is 9.67. The summed E-state index contributed by atoms with van der Waals surface area (Å²) >= 11 is 1.30. The Morgan fingerprint density at radius 3 is 2.68 bits per heavy atom. The van der Waals surface area contributed by atoms with Crippen LogP contribution < -0.4 is 20.2 Å². The van der Waals surface area contributed by atoms with Crippen LogP contribution in [0.1, 0.15) is 39.7 Å². The molecule has 0 aliphatic heterocycles. The topological polar surface area (TPSA) is 115 Å². The molecular formula is C21H23N3O6S. The van der Waals surface area contributed by atoms with Crippen LogP contribution in [-0.2, 0) is 27.2 Å². The SMILES string of the molecule is CCOC(=O)c1c(NC(=O)C(=O)N/N=C/c2cccc(OC)c2OC)sc2c1CCC2. The number of aryl methyl sites for hydroxylation is 1. The van der Waals surface area contributed by atoms with E-state index < -0.39 is 17.8 Å². The van der Waals surface area contributed by atoms with E-state index in [1.54, 1.807) is 25.1 Å². The summed E-state index contributed by atoms with van der Waals surface area (Å²) in [4.78, 5) is 37.9. The normalized spacial score (nSPS) is 12.4. The van der Waals surface area contributed by atoms with Crippen LogP contribution in [0.4, 0.5) is 5.00 Å². The zero-order chi connectivity index (χ0) is 22.4. The van der Waals surface area contributed by atoms with Crippen molar-refractivity contribution < 1.29 is 28.6 Å². The number of anilines is 1. The van der Waals surface area contributed by atoms with E-state index in [1.165, 1.54) is 31.8 Å². The van der Waals surface area contributed by atoms with Crippen LogP contribution in [0.5, 0.6) is 11.5 Å². The number of nitrogens with one attached hydrogen (secondary N) is 2. The van der Waals surface area contributed by atoms with E-state index in [-0.39, 0.29) is 6.61 Å². The van der Waals surface area contributed by atoms with Gasteiger partial charge in [-0.3, -0.25) is 9.59 Å². The number of fused-ring (bicyclic) bond motifs is 1. The molecule has 2 aromatic rings. The molecule has 10 heteroatoms. The Morgan fingerprint density at radius 1 is 1.16 bits per heavy atom. The van der Waals surface area contributed by atoms with Gasteiger partial charge in [0.15, 0.2) is 11.5 Å². The predicted molar refractivity (Wildman–Crippen MR) is 116 cm³/mol. The Balaban J connectivity index is 1.69. The van der Waals surface area contributed by atoms with Crippen LogP contribution in [0.2, 0.25) is 0 Å². The van der Waals surface area contributed by atoms with Gasteiger partial charge in [-0.1, -0.05) is 6.07 Å². The number of rotatable bonds is 7. The van der Waals surface area contributed by atoms with Gasteiger partial charge in [0, 0.05) is 10.4 Å². The van der Waals surface area contributed by atoms with Crippen LogP contribution in [0.15, 0.2) is 23.3 Å². The maximum Gasteiger partial charge on any atom is 0.341 e. The average Bonchev–Trinajstić information content (AvgIpc) is 3.34. The lowest BCUT2D eigenvalue weighted by atomic mass is 10.1. The second kappa shape index (κ2) is 10.1. The van der Waals surface area contributed by atoms with Gasteiger partial charge >= 0.3 is 17.8 Å². The Hall–Kier alpha value is -3.40. The van der Waals surface area contributed by atoms with E-state index in [9.17, 15) is 14.4 Å². The summed E-state index contributed by atoms with van der Waals surface area (Å²) in [5.41, 5.74) is 3.96. The number of hydrazone groups is 1. The highest BCUT2D eigenvalue weighted by atomic mass is 32.1. The molecule has 1 aliphatic rings. The number of benzene rings is 1. The van der Waals surface area contributed by atoms with Crippen molar-refractivity contribution in [3.05, 3.63) is 39.8 Å². The highest BCUT2D eigenvalue weighted by molar-refractivity contribution is 7.17. The third-order valence-electron chi connectivity index (χ3n) is 4.64. The summed E-state index contributed by atoms with van der Waals surface area (Å²) in [6, 6.07) is 5.18. The first-order chi connectivity index (χ1) is 15.0. The van der Waals surface area contributed by atoms with Gasteiger partial charge in [-0.15, -0.1) is 11.3 Å². The number of nitrogens with zero attached hydrogens (tertiary/aromatic N) is 1. The summed E-state index contributed by atoms with van der Waals surface area (Å²) in [5.74, 6) is -1.45. The molecule has 0 radical (unpaired) electrons. The van der Waals surface area contributed by atoms with Crippen molar-refractivity contribution in [3.63, 3.8) is 0 Å². The molecular weight excluding hydrogens is 422 g/mol. The molecule has 0 bridgehead atoms. The van der Waals surface area contributed by atoms with E-state index in [4.69, 9.17) is 14.2 Å². The fraction of sp³-hybridized carbons (Fsp3) is 0.333. The summed E-state index contributed by atoms with van der Waals surface area (Å²) in [7, 11) is 3.00. The van der Waals surface area contributed by atoms with Crippen LogP contribution in [-0.4, -0.2) is 44.8 Å². The summed E-state index contributed by atoms with van der Waals surface area (Å²) in [6.07, 6.45) is 3.87. The van der Waals surface area contributed by atoms with E-state index in [0.29, 0.717) is 27.6 Å². The van der Waals surface area contributed by atoms with Gasteiger partial charge in [0.25, 0.3) is 0 Å². The Morgan fingerprint density at radius 2 is 1.97 bits per heavy atom. The lowest BCUT2D eigenvalue weighted by Gasteiger charge is -2.09. The molecule has 9 nitrogen and oxygen atoms in total. The first-order valence-corrected chi connectivity index (χ1v) is 10.5. The molecule has 164 valence electrons. The molecule has 0 unspecified atom stereocenters. The van der Waals surface area contributed by atoms with Crippen molar-refractivity contribution >= 4 is 40.3 Å². The van der Waals surface area contributed by atoms with Crippen molar-refractivity contribution in [2.75, 3.05) is 26.1 Å². The van der Waals surface area contributed by atoms with E-state index in [1.807, 2.05) is 0 Å². The standard InChI is InChI=1S/C21H23N3O6S/c1-4-30-21(27)16-13-8-6-10-15(13)31-20(16)23-18(25)19(26)24-22-11-12-7-5-9-14(28-2)17(12)29-3/h5,7,9,11H,4,6,8,10H2,1-3H3,(H,23,25)(H,24,26)/b22-11+. The third-order valence-corrected chi connectivity index (χ3v) is 5.84. The highest BCUT2D eigenvalue weighted by Gasteiger charge is 2.29. The van der Waals surface area contributed by atoms with Gasteiger partial charge in [-0.05, 0) is 43.9 Å². The molecule has 2 amide bonds. The van der Waals surface area contributed by atoms with Gasteiger partial charge in [-0.2, -0.15) is 5.10 Å². The maximum absolute atomic E-state index is 12.4. The monoisotopic (exact) mass is 445 g/mol. The fourth-order valence-electron chi connectivity index (χ4n) is 3.30.